The molecule has 0 amide bonds. The highest BCUT2D eigenvalue weighted by atomic mass is 15.1. The van der Waals surface area contributed by atoms with Crippen LogP contribution in [-0.2, 0) is 10.8 Å². The van der Waals surface area contributed by atoms with Gasteiger partial charge in [0.15, 0.2) is 0 Å². The summed E-state index contributed by atoms with van der Waals surface area (Å²) < 4.78 is 7.05. The van der Waals surface area contributed by atoms with Gasteiger partial charge in [-0.25, -0.2) is 0 Å². The molecular formula is C56H45N5. The summed E-state index contributed by atoms with van der Waals surface area (Å²) in [5, 5.41) is 28.9. The number of hydrogen-bond donors (Lipinski definition) is 1. The third-order valence-corrected chi connectivity index (χ3v) is 12.8. The molecule has 0 unspecified atom stereocenters. The lowest BCUT2D eigenvalue weighted by Gasteiger charge is -2.21. The highest BCUT2D eigenvalue weighted by Gasteiger charge is 2.26. The minimum absolute atomic E-state index is 0.0478. The van der Waals surface area contributed by atoms with Gasteiger partial charge in [0, 0.05) is 49.8 Å². The molecule has 0 atom stereocenters. The van der Waals surface area contributed by atoms with Crippen LogP contribution in [-0.4, -0.2) is 19.9 Å². The van der Waals surface area contributed by atoms with E-state index in [4.69, 9.17) is 5.41 Å². The van der Waals surface area contributed by atoms with Crippen LogP contribution in [0.4, 0.5) is 0 Å². The predicted octanol–water partition coefficient (Wildman–Crippen LogP) is 14.6. The maximum absolute atomic E-state index is 10.6. The Hall–Kier alpha value is -7.42. The monoisotopic (exact) mass is 787 g/mol. The molecule has 61 heavy (non-hydrogen) atoms. The summed E-state index contributed by atoms with van der Waals surface area (Å²) in [7, 11) is 0. The number of aromatic nitrogens is 3. The third kappa shape index (κ3) is 5.42. The Morgan fingerprint density at radius 1 is 0.475 bits per heavy atom. The van der Waals surface area contributed by atoms with E-state index < -0.39 is 0 Å². The summed E-state index contributed by atoms with van der Waals surface area (Å²) in [5.74, 6) is 0. The zero-order chi connectivity index (χ0) is 41.9. The second kappa shape index (κ2) is 13.0. The van der Waals surface area contributed by atoms with Gasteiger partial charge in [-0.05, 0) is 106 Å². The molecule has 3 aromatic heterocycles. The number of para-hydroxylation sites is 2. The van der Waals surface area contributed by atoms with E-state index in [0.29, 0.717) is 11.1 Å². The van der Waals surface area contributed by atoms with E-state index in [-0.39, 0.29) is 10.8 Å². The Labute approximate surface area is 354 Å². The molecule has 0 aliphatic rings. The van der Waals surface area contributed by atoms with E-state index in [0.717, 1.165) is 71.7 Å². The van der Waals surface area contributed by atoms with Gasteiger partial charge in [-0.2, -0.15) is 5.26 Å². The van der Waals surface area contributed by atoms with Gasteiger partial charge in [0.2, 0.25) is 0 Å². The van der Waals surface area contributed by atoms with Gasteiger partial charge in [0.1, 0.15) is 0 Å². The summed E-state index contributed by atoms with van der Waals surface area (Å²) in [6.07, 6.45) is 1.41. The number of hydrogen-bond acceptors (Lipinski definition) is 2. The van der Waals surface area contributed by atoms with Crippen LogP contribution in [0.5, 0.6) is 0 Å². The van der Waals surface area contributed by atoms with Crippen molar-refractivity contribution in [3.63, 3.8) is 0 Å². The highest BCUT2D eigenvalue weighted by Crippen LogP contribution is 2.44. The van der Waals surface area contributed by atoms with Crippen LogP contribution in [0.1, 0.15) is 63.8 Å². The molecule has 0 radical (unpaired) electrons. The van der Waals surface area contributed by atoms with Crippen LogP contribution in [0.2, 0.25) is 0 Å². The first-order chi connectivity index (χ1) is 29.4. The Bertz CT molecular complexity index is 3570. The molecule has 0 bridgehead atoms. The summed E-state index contributed by atoms with van der Waals surface area (Å²) >= 11 is 0. The molecule has 294 valence electrons. The molecular weight excluding hydrogens is 743 g/mol. The van der Waals surface area contributed by atoms with Gasteiger partial charge in [-0.1, -0.05) is 120 Å². The lowest BCUT2D eigenvalue weighted by molar-refractivity contribution is 0.590. The van der Waals surface area contributed by atoms with Crippen molar-refractivity contribution in [3.05, 3.63) is 174 Å². The van der Waals surface area contributed by atoms with Crippen LogP contribution >= 0.6 is 0 Å². The van der Waals surface area contributed by atoms with Gasteiger partial charge in [0.05, 0.1) is 56.1 Å². The number of nitrogens with one attached hydrogen (secondary N) is 1. The van der Waals surface area contributed by atoms with Gasteiger partial charge in [-0.15, -0.1) is 0 Å². The van der Waals surface area contributed by atoms with Crippen LogP contribution in [0.25, 0.3) is 93.3 Å². The molecule has 0 saturated carbocycles. The standard InChI is InChI=1S/C56H45N5/c1-55(2,3)37-20-24-48-43(29-37)44-30-38(56(4,5)6)21-25-49(44)61(48)54-36(33-58)27-34(32-57)28-52(54)60-50-26-22-39(31-45(50)53-40-14-8-7-13-35(40)19-23-51(53)60)59-46-17-11-9-15-41(46)42-16-10-12-18-47(42)59/h7-31,33,58H,1-6H3. The first-order valence-electron chi connectivity index (χ1n) is 21.1. The fourth-order valence-corrected chi connectivity index (χ4v) is 9.80. The minimum Gasteiger partial charge on any atom is -0.309 e. The molecule has 11 rings (SSSR count). The molecule has 1 N–H and O–H groups in total. The number of benzene rings is 8. The fraction of sp³-hybridized carbons (Fsp3) is 0.143. The fourth-order valence-electron chi connectivity index (χ4n) is 9.80. The van der Waals surface area contributed by atoms with Crippen LogP contribution in [0.15, 0.2) is 152 Å². The Morgan fingerprint density at radius 3 is 1.59 bits per heavy atom. The van der Waals surface area contributed by atoms with Crippen molar-refractivity contribution in [2.45, 2.75) is 52.4 Å². The zero-order valence-corrected chi connectivity index (χ0v) is 35.3. The van der Waals surface area contributed by atoms with Crippen LogP contribution in [0, 0.1) is 16.7 Å². The molecule has 8 aromatic carbocycles. The summed E-state index contributed by atoms with van der Waals surface area (Å²) in [6.45, 7) is 13.6. The first-order valence-corrected chi connectivity index (χ1v) is 21.1. The van der Waals surface area contributed by atoms with Crippen molar-refractivity contribution in [2.75, 3.05) is 0 Å². The molecule has 0 aliphatic carbocycles. The molecule has 0 spiro atoms. The average Bonchev–Trinajstić information content (AvgIpc) is 3.90. The summed E-state index contributed by atoms with van der Waals surface area (Å²) in [4.78, 5) is 0. The lowest BCUT2D eigenvalue weighted by Crippen LogP contribution is -2.11. The van der Waals surface area contributed by atoms with E-state index in [9.17, 15) is 5.26 Å². The molecule has 5 nitrogen and oxygen atoms in total. The highest BCUT2D eigenvalue weighted by molar-refractivity contribution is 6.22. The minimum atomic E-state index is -0.0478. The van der Waals surface area contributed by atoms with Gasteiger partial charge < -0.3 is 19.1 Å². The largest absolute Gasteiger partial charge is 0.309 e. The number of nitrogens with zero attached hydrogens (tertiary/aromatic N) is 4. The first kappa shape index (κ1) is 36.6. The lowest BCUT2D eigenvalue weighted by atomic mass is 9.85. The van der Waals surface area contributed by atoms with E-state index >= 15 is 0 Å². The molecule has 5 heteroatoms. The Kier molecular flexibility index (Phi) is 7.83. The molecule has 0 saturated heterocycles. The van der Waals surface area contributed by atoms with E-state index in [1.165, 1.54) is 38.9 Å². The van der Waals surface area contributed by atoms with E-state index in [1.807, 2.05) is 12.1 Å². The van der Waals surface area contributed by atoms with Crippen molar-refractivity contribution < 1.29 is 0 Å². The quantitative estimate of drug-likeness (QED) is 0.177. The van der Waals surface area contributed by atoms with E-state index in [2.05, 4.69) is 201 Å². The van der Waals surface area contributed by atoms with Crippen LogP contribution in [0.3, 0.4) is 0 Å². The molecule has 0 fully saturated rings. The maximum atomic E-state index is 10.6. The summed E-state index contributed by atoms with van der Waals surface area (Å²) in [5.41, 5.74) is 12.9. The smallest absolute Gasteiger partial charge is 0.0992 e. The van der Waals surface area contributed by atoms with Crippen molar-refractivity contribution >= 4 is 82.4 Å². The van der Waals surface area contributed by atoms with Crippen molar-refractivity contribution in [1.82, 2.24) is 13.7 Å². The Balaban J connectivity index is 1.29. The van der Waals surface area contributed by atoms with E-state index in [1.54, 1.807) is 0 Å². The molecule has 0 aliphatic heterocycles. The molecule has 11 aromatic rings. The Morgan fingerprint density at radius 2 is 1.00 bits per heavy atom. The summed E-state index contributed by atoms with van der Waals surface area (Å²) in [6, 6.07) is 57.2. The number of fused-ring (bicyclic) bond motifs is 11. The predicted molar refractivity (Wildman–Crippen MR) is 257 cm³/mol. The van der Waals surface area contributed by atoms with Gasteiger partial charge in [-0.3, -0.25) is 0 Å². The normalized spacial score (nSPS) is 12.5. The zero-order valence-electron chi connectivity index (χ0n) is 35.3. The van der Waals surface area contributed by atoms with Crippen molar-refractivity contribution in [2.24, 2.45) is 0 Å². The van der Waals surface area contributed by atoms with Crippen LogP contribution < -0.4 is 0 Å². The SMILES string of the molecule is CC(C)(C)c1ccc2c(c1)c1cc(C(C)(C)C)ccc1n2-c1c(C=N)cc(C#N)cc1-n1c2ccc(-n3c4ccccc4c4ccccc43)cc2c2c3ccccc3ccc21. The second-order valence-corrected chi connectivity index (χ2v) is 18.6. The van der Waals surface area contributed by atoms with Crippen molar-refractivity contribution in [3.8, 4) is 23.1 Å². The molecule has 3 heterocycles. The number of rotatable bonds is 4. The number of nitriles is 1. The topological polar surface area (TPSA) is 62.4 Å². The average molecular weight is 788 g/mol. The van der Waals surface area contributed by atoms with Gasteiger partial charge in [0.25, 0.3) is 0 Å². The maximum Gasteiger partial charge on any atom is 0.0992 e. The van der Waals surface area contributed by atoms with Gasteiger partial charge >= 0.3 is 0 Å². The second-order valence-electron chi connectivity index (χ2n) is 18.6. The third-order valence-electron chi connectivity index (χ3n) is 12.8. The van der Waals surface area contributed by atoms with Crippen molar-refractivity contribution in [1.29, 1.82) is 10.7 Å².